The lowest BCUT2D eigenvalue weighted by Gasteiger charge is -2.22. The van der Waals surface area contributed by atoms with E-state index >= 15 is 0 Å². The van der Waals surface area contributed by atoms with Crippen LogP contribution in [0.15, 0.2) is 24.3 Å². The van der Waals surface area contributed by atoms with Crippen molar-refractivity contribution >= 4 is 30.7 Å². The third-order valence-electron chi connectivity index (χ3n) is 4.76. The Morgan fingerprint density at radius 2 is 1.63 bits per heavy atom. The van der Waals surface area contributed by atoms with E-state index in [1.165, 1.54) is 32.1 Å². The molecule has 0 heterocycles. The van der Waals surface area contributed by atoms with Gasteiger partial charge in [0.2, 0.25) is 0 Å². The van der Waals surface area contributed by atoms with E-state index in [9.17, 15) is 4.79 Å². The van der Waals surface area contributed by atoms with E-state index in [0.717, 1.165) is 44.3 Å². The fraction of sp³-hybridized carbons (Fsp3) is 0.650. The lowest BCUT2D eigenvalue weighted by molar-refractivity contribution is 0.0953. The van der Waals surface area contributed by atoms with Crippen molar-refractivity contribution in [1.29, 1.82) is 0 Å². The number of rotatable bonds is 11. The fourth-order valence-electron chi connectivity index (χ4n) is 3.22. The predicted molar refractivity (Wildman–Crippen MR) is 117 cm³/mol. The molecule has 7 heteroatoms. The Kier molecular flexibility index (Phi) is 15.4. The number of methoxy groups -OCH3 is 1. The Hall–Kier alpha value is -1.01. The van der Waals surface area contributed by atoms with Crippen molar-refractivity contribution in [2.75, 3.05) is 33.3 Å². The van der Waals surface area contributed by atoms with Gasteiger partial charge in [0, 0.05) is 31.2 Å². The molecule has 5 nitrogen and oxygen atoms in total. The topological polar surface area (TPSA) is 62.4 Å². The molecule has 27 heavy (non-hydrogen) atoms. The summed E-state index contributed by atoms with van der Waals surface area (Å²) in [5, 5.41) is 10.1. The Morgan fingerprint density at radius 3 is 2.30 bits per heavy atom. The van der Waals surface area contributed by atoms with Crippen LogP contribution in [0.5, 0.6) is 5.75 Å². The van der Waals surface area contributed by atoms with Crippen molar-refractivity contribution in [3.63, 3.8) is 0 Å². The van der Waals surface area contributed by atoms with Crippen LogP contribution in [0.3, 0.4) is 0 Å². The van der Waals surface area contributed by atoms with Crippen molar-refractivity contribution in [2.24, 2.45) is 0 Å². The second-order valence-corrected chi connectivity index (χ2v) is 6.73. The zero-order valence-corrected chi connectivity index (χ0v) is 17.9. The molecule has 0 unspecified atom stereocenters. The Labute approximate surface area is 176 Å². The summed E-state index contributed by atoms with van der Waals surface area (Å²) in [6.45, 7) is 3.80. The molecule has 2 rings (SSSR count). The number of unbranched alkanes of at least 4 members (excludes halogenated alkanes) is 1. The third-order valence-corrected chi connectivity index (χ3v) is 4.76. The van der Waals surface area contributed by atoms with Gasteiger partial charge in [-0.25, -0.2) is 0 Å². The number of hydrogen-bond acceptors (Lipinski definition) is 4. The molecule has 156 valence electrons. The van der Waals surface area contributed by atoms with E-state index in [2.05, 4.69) is 16.0 Å². The van der Waals surface area contributed by atoms with Gasteiger partial charge in [-0.05, 0) is 56.5 Å². The molecule has 0 bridgehead atoms. The molecule has 1 aromatic carbocycles. The summed E-state index contributed by atoms with van der Waals surface area (Å²) in [5.74, 6) is 0.743. The predicted octanol–water partition coefficient (Wildman–Crippen LogP) is 3.56. The average Bonchev–Trinajstić information content (AvgIpc) is 2.67. The summed E-state index contributed by atoms with van der Waals surface area (Å²) in [7, 11) is 1.62. The molecule has 0 radical (unpaired) electrons. The van der Waals surface area contributed by atoms with Gasteiger partial charge in [-0.15, -0.1) is 24.8 Å². The first-order valence-electron chi connectivity index (χ1n) is 9.66. The Balaban J connectivity index is 0.00000338. The van der Waals surface area contributed by atoms with Crippen LogP contribution in [0.4, 0.5) is 0 Å². The molecule has 0 saturated heterocycles. The maximum atomic E-state index is 12.0. The van der Waals surface area contributed by atoms with E-state index in [0.29, 0.717) is 12.1 Å². The summed E-state index contributed by atoms with van der Waals surface area (Å²) >= 11 is 0. The number of benzene rings is 1. The van der Waals surface area contributed by atoms with Gasteiger partial charge < -0.3 is 20.7 Å². The van der Waals surface area contributed by atoms with Crippen LogP contribution in [0.25, 0.3) is 0 Å². The summed E-state index contributed by atoms with van der Waals surface area (Å²) in [5.41, 5.74) is 0.674. The number of hydrogen-bond donors (Lipinski definition) is 3. The van der Waals surface area contributed by atoms with Crippen molar-refractivity contribution < 1.29 is 9.53 Å². The van der Waals surface area contributed by atoms with Gasteiger partial charge in [-0.1, -0.05) is 19.3 Å². The normalized spacial score (nSPS) is 14.0. The molecule has 3 N–H and O–H groups in total. The first-order valence-corrected chi connectivity index (χ1v) is 9.66. The summed E-state index contributed by atoms with van der Waals surface area (Å²) in [6.07, 6.45) is 8.92. The molecule has 1 fully saturated rings. The number of amides is 1. The van der Waals surface area contributed by atoms with Crippen LogP contribution in [0, 0.1) is 0 Å². The number of nitrogens with one attached hydrogen (secondary N) is 3. The van der Waals surface area contributed by atoms with Crippen molar-refractivity contribution in [3.05, 3.63) is 29.8 Å². The first kappa shape index (κ1) is 26.0. The highest BCUT2D eigenvalue weighted by atomic mass is 35.5. The van der Waals surface area contributed by atoms with E-state index in [1.807, 2.05) is 0 Å². The maximum Gasteiger partial charge on any atom is 0.251 e. The van der Waals surface area contributed by atoms with Crippen LogP contribution < -0.4 is 20.7 Å². The SMILES string of the molecule is COc1ccc(C(=O)NCCCCNCCNC2CCCCC2)cc1.Cl.Cl. The number of carbonyl (C=O) groups excluding carboxylic acids is 1. The number of halogens is 2. The second-order valence-electron chi connectivity index (χ2n) is 6.73. The molecule has 1 amide bonds. The van der Waals surface area contributed by atoms with E-state index in [4.69, 9.17) is 4.74 Å². The second kappa shape index (κ2) is 16.0. The largest absolute Gasteiger partial charge is 0.497 e. The van der Waals surface area contributed by atoms with Gasteiger partial charge in [0.15, 0.2) is 0 Å². The molecule has 0 spiro atoms. The number of carbonyl (C=O) groups is 1. The van der Waals surface area contributed by atoms with Gasteiger partial charge in [0.05, 0.1) is 7.11 Å². The van der Waals surface area contributed by atoms with Gasteiger partial charge in [0.25, 0.3) is 5.91 Å². The highest BCUT2D eigenvalue weighted by Crippen LogP contribution is 2.16. The zero-order valence-electron chi connectivity index (χ0n) is 16.3. The highest BCUT2D eigenvalue weighted by molar-refractivity contribution is 5.94. The molecule has 1 aliphatic carbocycles. The van der Waals surface area contributed by atoms with Crippen LogP contribution >= 0.6 is 24.8 Å². The lowest BCUT2D eigenvalue weighted by Crippen LogP contribution is -2.36. The quantitative estimate of drug-likeness (QED) is 0.479. The van der Waals surface area contributed by atoms with Gasteiger partial charge in [-0.3, -0.25) is 4.79 Å². The lowest BCUT2D eigenvalue weighted by atomic mass is 9.95. The Bertz CT molecular complexity index is 495. The van der Waals surface area contributed by atoms with Gasteiger partial charge >= 0.3 is 0 Å². The highest BCUT2D eigenvalue weighted by Gasteiger charge is 2.11. The van der Waals surface area contributed by atoms with Crippen molar-refractivity contribution in [1.82, 2.24) is 16.0 Å². The minimum atomic E-state index is -0.0210. The van der Waals surface area contributed by atoms with Crippen LogP contribution in [-0.4, -0.2) is 45.2 Å². The molecule has 0 aromatic heterocycles. The fourth-order valence-corrected chi connectivity index (χ4v) is 3.22. The smallest absolute Gasteiger partial charge is 0.251 e. The Morgan fingerprint density at radius 1 is 0.963 bits per heavy atom. The van der Waals surface area contributed by atoms with E-state index in [-0.39, 0.29) is 30.7 Å². The van der Waals surface area contributed by atoms with Crippen molar-refractivity contribution in [2.45, 2.75) is 51.0 Å². The van der Waals surface area contributed by atoms with E-state index < -0.39 is 0 Å². The van der Waals surface area contributed by atoms with Crippen molar-refractivity contribution in [3.8, 4) is 5.75 Å². The summed E-state index contributed by atoms with van der Waals surface area (Å²) in [4.78, 5) is 12.0. The minimum Gasteiger partial charge on any atom is -0.497 e. The maximum absolute atomic E-state index is 12.0. The van der Waals surface area contributed by atoms with Crippen LogP contribution in [0.1, 0.15) is 55.3 Å². The molecule has 0 aliphatic heterocycles. The third kappa shape index (κ3) is 10.8. The van der Waals surface area contributed by atoms with E-state index in [1.54, 1.807) is 31.4 Å². The standard InChI is InChI=1S/C20H33N3O2.2ClH/c1-25-19-11-9-17(10-12-19)20(24)23-14-6-5-13-21-15-16-22-18-7-3-2-4-8-18;;/h9-12,18,21-22H,2-8,13-16H2,1H3,(H,23,24);2*1H. The molecule has 1 saturated carbocycles. The monoisotopic (exact) mass is 419 g/mol. The molecular weight excluding hydrogens is 385 g/mol. The van der Waals surface area contributed by atoms with Crippen LogP contribution in [0.2, 0.25) is 0 Å². The van der Waals surface area contributed by atoms with Gasteiger partial charge in [-0.2, -0.15) is 0 Å². The summed E-state index contributed by atoms with van der Waals surface area (Å²) in [6, 6.07) is 7.92. The zero-order chi connectivity index (χ0) is 17.7. The molecule has 0 atom stereocenters. The van der Waals surface area contributed by atoms with Gasteiger partial charge in [0.1, 0.15) is 5.75 Å². The minimum absolute atomic E-state index is 0. The first-order chi connectivity index (χ1) is 12.3. The molecule has 1 aliphatic rings. The molecular formula is C20H35Cl2N3O2. The average molecular weight is 420 g/mol. The summed E-state index contributed by atoms with van der Waals surface area (Å²) < 4.78 is 5.09. The molecule has 1 aromatic rings. The number of ether oxygens (including phenoxy) is 1. The van der Waals surface area contributed by atoms with Crippen LogP contribution in [-0.2, 0) is 0 Å².